The van der Waals surface area contributed by atoms with Crippen LogP contribution in [0.1, 0.15) is 78.9 Å². The minimum absolute atomic E-state index is 0.00718. The molecule has 1 saturated heterocycles. The van der Waals surface area contributed by atoms with Crippen LogP contribution in [0.4, 0.5) is 0 Å². The number of nitrogens with zero attached hydrogens (tertiary/aromatic N) is 1. The summed E-state index contributed by atoms with van der Waals surface area (Å²) in [6.07, 6.45) is 0.321. The summed E-state index contributed by atoms with van der Waals surface area (Å²) in [7, 11) is 2.13. The maximum atomic E-state index is 12.1. The Labute approximate surface area is 264 Å². The van der Waals surface area contributed by atoms with Gasteiger partial charge >= 0.3 is 5.97 Å². The summed E-state index contributed by atoms with van der Waals surface area (Å²) in [4.78, 5) is 25.1. The van der Waals surface area contributed by atoms with Crippen LogP contribution in [0, 0.1) is 0 Å². The van der Waals surface area contributed by atoms with Gasteiger partial charge in [-0.05, 0) is 59.5 Å². The van der Waals surface area contributed by atoms with Gasteiger partial charge in [-0.1, -0.05) is 84.9 Å². The van der Waals surface area contributed by atoms with Gasteiger partial charge in [-0.2, -0.15) is 0 Å². The van der Waals surface area contributed by atoms with Gasteiger partial charge in [0.2, 0.25) is 5.91 Å². The van der Waals surface area contributed by atoms with Crippen molar-refractivity contribution in [2.24, 2.45) is 0 Å². The Balaban J connectivity index is 1.27. The first kappa shape index (κ1) is 32.3. The van der Waals surface area contributed by atoms with Gasteiger partial charge in [0.15, 0.2) is 6.29 Å². The number of hydrogen-bond donors (Lipinski definition) is 3. The monoisotopic (exact) mass is 610 g/mol. The second-order valence-corrected chi connectivity index (χ2v) is 11.8. The molecule has 4 aromatic rings. The number of carbonyl (C=O) groups is 2. The highest BCUT2D eigenvalue weighted by molar-refractivity contribution is 5.83. The van der Waals surface area contributed by atoms with Crippen molar-refractivity contribution in [3.05, 3.63) is 119 Å². The summed E-state index contributed by atoms with van der Waals surface area (Å²) in [6.45, 7) is 3.28. The molecule has 8 nitrogen and oxygen atoms in total. The lowest BCUT2D eigenvalue weighted by Crippen LogP contribution is -2.38. The number of aliphatic hydroxyl groups is 1. The number of rotatable bonds is 13. The lowest BCUT2D eigenvalue weighted by atomic mass is 9.98. The fourth-order valence-corrected chi connectivity index (χ4v) is 5.72. The minimum atomic E-state index is -0.900. The van der Waals surface area contributed by atoms with E-state index in [0.29, 0.717) is 25.9 Å². The molecule has 0 aromatic heterocycles. The van der Waals surface area contributed by atoms with Crippen molar-refractivity contribution < 1.29 is 29.3 Å². The Bertz CT molecular complexity index is 1570. The van der Waals surface area contributed by atoms with Gasteiger partial charge in [-0.15, -0.1) is 0 Å². The molecule has 8 heteroatoms. The first-order valence-corrected chi connectivity index (χ1v) is 15.6. The summed E-state index contributed by atoms with van der Waals surface area (Å²) in [5.41, 5.74) is 4.96. The van der Waals surface area contributed by atoms with Gasteiger partial charge in [0.1, 0.15) is 0 Å². The average molecular weight is 611 g/mol. The third-order valence-corrected chi connectivity index (χ3v) is 8.56. The van der Waals surface area contributed by atoms with Crippen LogP contribution in [0.3, 0.4) is 0 Å². The van der Waals surface area contributed by atoms with Crippen LogP contribution in [-0.4, -0.2) is 46.7 Å². The van der Waals surface area contributed by atoms with Crippen molar-refractivity contribution in [2.75, 3.05) is 13.6 Å². The molecule has 1 heterocycles. The van der Waals surface area contributed by atoms with E-state index in [2.05, 4.69) is 66.7 Å². The number of fused-ring (bicyclic) bond motifs is 1. The summed E-state index contributed by atoms with van der Waals surface area (Å²) in [6, 6.07) is 30.9. The number of carboxylic acid groups (broad SMARTS) is 1. The van der Waals surface area contributed by atoms with E-state index in [1.807, 2.05) is 48.5 Å². The number of carboxylic acids is 1. The molecule has 4 atom stereocenters. The summed E-state index contributed by atoms with van der Waals surface area (Å²) in [5.74, 6) is -1.07. The van der Waals surface area contributed by atoms with E-state index in [1.165, 1.54) is 16.3 Å². The molecule has 4 aromatic carbocycles. The fourth-order valence-electron chi connectivity index (χ4n) is 5.72. The van der Waals surface area contributed by atoms with E-state index in [4.69, 9.17) is 14.6 Å². The molecule has 1 fully saturated rings. The Hall–Kier alpha value is -4.08. The molecule has 1 amide bonds. The Morgan fingerprint density at radius 1 is 0.889 bits per heavy atom. The average Bonchev–Trinajstić information content (AvgIpc) is 3.06. The first-order chi connectivity index (χ1) is 21.8. The smallest absolute Gasteiger partial charge is 0.303 e. The minimum Gasteiger partial charge on any atom is -0.481 e. The number of hydrogen-bond acceptors (Lipinski definition) is 6. The molecule has 0 spiro atoms. The van der Waals surface area contributed by atoms with Crippen LogP contribution in [0.15, 0.2) is 91.0 Å². The Morgan fingerprint density at radius 3 is 2.29 bits per heavy atom. The van der Waals surface area contributed by atoms with Crippen LogP contribution < -0.4 is 5.32 Å². The van der Waals surface area contributed by atoms with Crippen molar-refractivity contribution in [2.45, 2.75) is 70.3 Å². The molecule has 0 radical (unpaired) electrons. The summed E-state index contributed by atoms with van der Waals surface area (Å²) in [5, 5.41) is 23.6. The highest BCUT2D eigenvalue weighted by atomic mass is 16.7. The SMILES string of the molecule is C[C@H](c1ccc2ccccc2c1)N(C)C[C@H]1C[C@@H](c2ccc(CO)cc2)O[C@@H](c2ccc(CNC(=O)CCCC(=O)O)cc2)O1. The van der Waals surface area contributed by atoms with Crippen molar-refractivity contribution in [3.63, 3.8) is 0 Å². The molecule has 0 unspecified atom stereocenters. The number of ether oxygens (including phenoxy) is 2. The molecule has 1 aliphatic rings. The second kappa shape index (κ2) is 15.3. The third kappa shape index (κ3) is 8.77. The van der Waals surface area contributed by atoms with Crippen LogP contribution in [-0.2, 0) is 32.2 Å². The maximum Gasteiger partial charge on any atom is 0.303 e. The fraction of sp³-hybridized carbons (Fsp3) is 0.351. The number of aliphatic carboxylic acids is 1. The quantitative estimate of drug-likeness (QED) is 0.160. The Kier molecular flexibility index (Phi) is 11.0. The second-order valence-electron chi connectivity index (χ2n) is 11.8. The standard InChI is InChI=1S/C37H42N2O6/c1-25(31-19-18-28-6-3-4-7-32(28)20-31)39(2)23-33-21-34(29-14-12-27(24-40)13-15-29)45-37(44-33)30-16-10-26(11-17-30)22-38-35(41)8-5-9-36(42)43/h3-4,6-7,10-20,25,33-34,37,40H,5,8-9,21-24H2,1-2H3,(H,38,41)(H,42,43)/t25-,33-,34+,37+/m1/s1. The molecular formula is C37H42N2O6. The number of likely N-dealkylation sites (N-methyl/N-ethyl adjacent to an activating group) is 1. The predicted octanol–water partition coefficient (Wildman–Crippen LogP) is 6.44. The van der Waals surface area contributed by atoms with Gasteiger partial charge in [0, 0.05) is 44.0 Å². The van der Waals surface area contributed by atoms with Crippen LogP contribution in [0.5, 0.6) is 0 Å². The molecule has 5 rings (SSSR count). The van der Waals surface area contributed by atoms with Crippen molar-refractivity contribution in [1.82, 2.24) is 10.2 Å². The number of aliphatic hydroxyl groups excluding tert-OH is 1. The molecule has 45 heavy (non-hydrogen) atoms. The summed E-state index contributed by atoms with van der Waals surface area (Å²) >= 11 is 0. The zero-order valence-electron chi connectivity index (χ0n) is 25.9. The third-order valence-electron chi connectivity index (χ3n) is 8.56. The van der Waals surface area contributed by atoms with E-state index in [9.17, 15) is 14.7 Å². The van der Waals surface area contributed by atoms with E-state index < -0.39 is 12.3 Å². The van der Waals surface area contributed by atoms with Gasteiger partial charge < -0.3 is 25.0 Å². The van der Waals surface area contributed by atoms with Gasteiger partial charge in [-0.3, -0.25) is 14.5 Å². The topological polar surface area (TPSA) is 108 Å². The molecule has 1 aliphatic heterocycles. The van der Waals surface area contributed by atoms with Crippen LogP contribution >= 0.6 is 0 Å². The predicted molar refractivity (Wildman–Crippen MR) is 173 cm³/mol. The first-order valence-electron chi connectivity index (χ1n) is 15.6. The van der Waals surface area contributed by atoms with E-state index in [1.54, 1.807) is 0 Å². The van der Waals surface area contributed by atoms with Crippen molar-refractivity contribution >= 4 is 22.6 Å². The normalized spacial score (nSPS) is 19.0. The van der Waals surface area contributed by atoms with E-state index in [-0.39, 0.29) is 43.6 Å². The Morgan fingerprint density at radius 2 is 1.58 bits per heavy atom. The van der Waals surface area contributed by atoms with Gasteiger partial charge in [0.05, 0.1) is 18.8 Å². The van der Waals surface area contributed by atoms with E-state index >= 15 is 0 Å². The highest BCUT2D eigenvalue weighted by Crippen LogP contribution is 2.38. The molecule has 3 N–H and O–H groups in total. The van der Waals surface area contributed by atoms with Gasteiger partial charge in [-0.25, -0.2) is 0 Å². The summed E-state index contributed by atoms with van der Waals surface area (Å²) < 4.78 is 13.1. The zero-order chi connectivity index (χ0) is 31.8. The highest BCUT2D eigenvalue weighted by Gasteiger charge is 2.33. The largest absolute Gasteiger partial charge is 0.481 e. The molecule has 0 bridgehead atoms. The zero-order valence-corrected chi connectivity index (χ0v) is 25.9. The number of amides is 1. The van der Waals surface area contributed by atoms with Crippen molar-refractivity contribution in [3.8, 4) is 0 Å². The lowest BCUT2D eigenvalue weighted by molar-refractivity contribution is -0.253. The molecule has 0 aliphatic carbocycles. The number of carbonyl (C=O) groups excluding carboxylic acids is 1. The van der Waals surface area contributed by atoms with Crippen molar-refractivity contribution in [1.29, 1.82) is 0 Å². The number of benzene rings is 4. The maximum absolute atomic E-state index is 12.1. The molecular weight excluding hydrogens is 568 g/mol. The molecule has 0 saturated carbocycles. The molecule has 236 valence electrons. The van der Waals surface area contributed by atoms with E-state index in [0.717, 1.165) is 22.3 Å². The van der Waals surface area contributed by atoms with Crippen LogP contribution in [0.2, 0.25) is 0 Å². The van der Waals surface area contributed by atoms with Crippen LogP contribution in [0.25, 0.3) is 10.8 Å². The van der Waals surface area contributed by atoms with Gasteiger partial charge in [0.25, 0.3) is 0 Å². The lowest BCUT2D eigenvalue weighted by Gasteiger charge is -2.39. The number of nitrogens with one attached hydrogen (secondary N) is 1.